The summed E-state index contributed by atoms with van der Waals surface area (Å²) in [5, 5.41) is 2.79. The van der Waals surface area contributed by atoms with E-state index >= 15 is 0 Å². The molecular weight excluding hydrogens is 298 g/mol. The Bertz CT molecular complexity index is 447. The lowest BCUT2D eigenvalue weighted by atomic mass is 10.1. The van der Waals surface area contributed by atoms with E-state index in [0.717, 1.165) is 25.6 Å². The predicted molar refractivity (Wildman–Crippen MR) is 63.9 cm³/mol. The highest BCUT2D eigenvalue weighted by atomic mass is 127. The molecule has 0 nitrogen and oxygen atoms in total. The average Bonchev–Trinajstić information content (AvgIpc) is 2.49. The molecule has 0 fully saturated rings. The van der Waals surface area contributed by atoms with E-state index in [1.807, 2.05) is 24.4 Å². The second-order valence-electron chi connectivity index (χ2n) is 2.85. The number of benzene rings is 1. The number of hydrogen-bond donors (Lipinski definition) is 0. The van der Waals surface area contributed by atoms with Crippen LogP contribution in [0.5, 0.6) is 0 Å². The Kier molecular flexibility index (Phi) is 2.55. The van der Waals surface area contributed by atoms with Gasteiger partial charge in [-0.25, -0.2) is 4.39 Å². The van der Waals surface area contributed by atoms with Crippen LogP contribution >= 0.6 is 33.9 Å². The van der Waals surface area contributed by atoms with E-state index in [1.54, 1.807) is 11.3 Å². The van der Waals surface area contributed by atoms with Gasteiger partial charge in [0.2, 0.25) is 0 Å². The first-order chi connectivity index (χ1) is 6.24. The summed E-state index contributed by atoms with van der Waals surface area (Å²) >= 11 is 3.78. The number of thiophene rings is 1. The van der Waals surface area contributed by atoms with Crippen molar-refractivity contribution in [2.24, 2.45) is 0 Å². The van der Waals surface area contributed by atoms with Crippen LogP contribution in [0.15, 0.2) is 17.5 Å². The fraction of sp³-hybridized carbons (Fsp3) is 0.200. The van der Waals surface area contributed by atoms with Crippen LogP contribution < -0.4 is 0 Å². The lowest BCUT2D eigenvalue weighted by Crippen LogP contribution is -1.87. The molecule has 0 unspecified atom stereocenters. The molecule has 0 spiro atoms. The van der Waals surface area contributed by atoms with Gasteiger partial charge >= 0.3 is 0 Å². The van der Waals surface area contributed by atoms with Gasteiger partial charge in [-0.05, 0) is 40.6 Å². The van der Waals surface area contributed by atoms with Crippen molar-refractivity contribution in [1.29, 1.82) is 0 Å². The Morgan fingerprint density at radius 2 is 2.23 bits per heavy atom. The molecule has 0 saturated carbocycles. The van der Waals surface area contributed by atoms with Crippen LogP contribution in [0.4, 0.5) is 4.39 Å². The van der Waals surface area contributed by atoms with Crippen LogP contribution in [0.1, 0.15) is 12.5 Å². The Hall–Kier alpha value is -0.160. The molecule has 2 rings (SSSR count). The zero-order valence-electron chi connectivity index (χ0n) is 7.10. The highest BCUT2D eigenvalue weighted by molar-refractivity contribution is 14.1. The lowest BCUT2D eigenvalue weighted by molar-refractivity contribution is 0.624. The monoisotopic (exact) mass is 306 g/mol. The third kappa shape index (κ3) is 1.48. The number of rotatable bonds is 1. The van der Waals surface area contributed by atoms with E-state index in [1.165, 1.54) is 0 Å². The van der Waals surface area contributed by atoms with Gasteiger partial charge in [-0.1, -0.05) is 13.0 Å². The van der Waals surface area contributed by atoms with Crippen molar-refractivity contribution in [3.05, 3.63) is 32.5 Å². The average molecular weight is 306 g/mol. The van der Waals surface area contributed by atoms with Crippen molar-refractivity contribution in [3.63, 3.8) is 0 Å². The molecule has 0 atom stereocenters. The number of fused-ring (bicyclic) bond motifs is 1. The summed E-state index contributed by atoms with van der Waals surface area (Å²) in [6, 6.07) is 3.88. The number of aryl methyl sites for hydroxylation is 1. The van der Waals surface area contributed by atoms with Gasteiger partial charge in [0.05, 0.1) is 0 Å². The first-order valence-electron chi connectivity index (χ1n) is 4.08. The summed E-state index contributed by atoms with van der Waals surface area (Å²) < 4.78 is 15.8. The van der Waals surface area contributed by atoms with Crippen molar-refractivity contribution >= 4 is 44.0 Å². The molecule has 0 N–H and O–H groups in total. The van der Waals surface area contributed by atoms with Gasteiger partial charge in [0.15, 0.2) is 0 Å². The van der Waals surface area contributed by atoms with Gasteiger partial charge in [-0.3, -0.25) is 0 Å². The molecule has 0 amide bonds. The maximum atomic E-state index is 13.8. The van der Waals surface area contributed by atoms with Crippen LogP contribution in [0.3, 0.4) is 0 Å². The van der Waals surface area contributed by atoms with E-state index in [2.05, 4.69) is 22.6 Å². The van der Waals surface area contributed by atoms with Gasteiger partial charge in [-0.15, -0.1) is 11.3 Å². The molecule has 0 radical (unpaired) electrons. The van der Waals surface area contributed by atoms with E-state index in [9.17, 15) is 4.39 Å². The first-order valence-corrected chi connectivity index (χ1v) is 6.04. The van der Waals surface area contributed by atoms with Crippen LogP contribution in [-0.2, 0) is 6.42 Å². The molecule has 1 aromatic carbocycles. The zero-order chi connectivity index (χ0) is 9.42. The molecule has 0 aliphatic carbocycles. The number of halogens is 2. The predicted octanol–water partition coefficient (Wildman–Crippen LogP) is 4.21. The Morgan fingerprint density at radius 3 is 2.92 bits per heavy atom. The van der Waals surface area contributed by atoms with Crippen molar-refractivity contribution in [2.45, 2.75) is 13.3 Å². The number of hydrogen-bond acceptors (Lipinski definition) is 1. The van der Waals surface area contributed by atoms with Crippen molar-refractivity contribution in [3.8, 4) is 0 Å². The maximum absolute atomic E-state index is 13.8. The molecule has 1 heterocycles. The van der Waals surface area contributed by atoms with Gasteiger partial charge in [0, 0.05) is 19.0 Å². The van der Waals surface area contributed by atoms with Crippen molar-refractivity contribution in [1.82, 2.24) is 0 Å². The SMILES string of the molecule is CCc1ccc2scc(I)c2c1F. The summed E-state index contributed by atoms with van der Waals surface area (Å²) in [6.45, 7) is 1.98. The molecule has 0 bridgehead atoms. The minimum absolute atomic E-state index is 0.0364. The summed E-state index contributed by atoms with van der Waals surface area (Å²) in [6.07, 6.45) is 0.758. The highest BCUT2D eigenvalue weighted by Gasteiger charge is 2.10. The fourth-order valence-corrected chi connectivity index (χ4v) is 3.27. The second-order valence-corrected chi connectivity index (χ2v) is 4.92. The summed E-state index contributed by atoms with van der Waals surface area (Å²) in [4.78, 5) is 0. The molecule has 3 heteroatoms. The smallest absolute Gasteiger partial charge is 0.136 e. The van der Waals surface area contributed by atoms with E-state index in [4.69, 9.17) is 0 Å². The summed E-state index contributed by atoms with van der Waals surface area (Å²) in [5.41, 5.74) is 0.809. The van der Waals surface area contributed by atoms with Crippen molar-refractivity contribution < 1.29 is 4.39 Å². The molecule has 13 heavy (non-hydrogen) atoms. The first kappa shape index (κ1) is 9.40. The Morgan fingerprint density at radius 1 is 1.46 bits per heavy atom. The Balaban J connectivity index is 2.83. The van der Waals surface area contributed by atoms with Gasteiger partial charge in [0.1, 0.15) is 5.82 Å². The quantitative estimate of drug-likeness (QED) is 0.692. The third-order valence-electron chi connectivity index (χ3n) is 2.09. The summed E-state index contributed by atoms with van der Waals surface area (Å²) in [7, 11) is 0. The highest BCUT2D eigenvalue weighted by Crippen LogP contribution is 2.31. The van der Waals surface area contributed by atoms with Crippen LogP contribution in [0, 0.1) is 9.39 Å². The van der Waals surface area contributed by atoms with E-state index in [-0.39, 0.29) is 5.82 Å². The fourth-order valence-electron chi connectivity index (χ4n) is 1.37. The molecule has 0 aliphatic heterocycles. The Labute approximate surface area is 93.9 Å². The third-order valence-corrected chi connectivity index (χ3v) is 4.31. The lowest BCUT2D eigenvalue weighted by Gasteiger charge is -2.00. The van der Waals surface area contributed by atoms with Gasteiger partial charge < -0.3 is 0 Å². The van der Waals surface area contributed by atoms with E-state index < -0.39 is 0 Å². The largest absolute Gasteiger partial charge is 0.206 e. The zero-order valence-corrected chi connectivity index (χ0v) is 10.1. The summed E-state index contributed by atoms with van der Waals surface area (Å²) in [5.74, 6) is -0.0364. The normalized spacial score (nSPS) is 11.0. The van der Waals surface area contributed by atoms with Gasteiger partial charge in [0.25, 0.3) is 0 Å². The topological polar surface area (TPSA) is 0 Å². The molecular formula is C10H8FIS. The molecule has 68 valence electrons. The minimum atomic E-state index is -0.0364. The molecule has 0 aliphatic rings. The van der Waals surface area contributed by atoms with Crippen LogP contribution in [0.25, 0.3) is 10.1 Å². The van der Waals surface area contributed by atoms with Crippen molar-refractivity contribution in [2.75, 3.05) is 0 Å². The van der Waals surface area contributed by atoms with Crippen LogP contribution in [0.2, 0.25) is 0 Å². The molecule has 2 aromatic rings. The minimum Gasteiger partial charge on any atom is -0.206 e. The second kappa shape index (κ2) is 3.53. The maximum Gasteiger partial charge on any atom is 0.136 e. The molecule has 0 saturated heterocycles. The van der Waals surface area contributed by atoms with Gasteiger partial charge in [-0.2, -0.15) is 0 Å². The molecule has 1 aromatic heterocycles. The standard InChI is InChI=1S/C10H8FIS/c1-2-6-3-4-8-9(10(6)11)7(12)5-13-8/h3-5H,2H2,1H3. The van der Waals surface area contributed by atoms with Crippen LogP contribution in [-0.4, -0.2) is 0 Å². The van der Waals surface area contributed by atoms with E-state index in [0.29, 0.717) is 0 Å².